The maximum absolute atomic E-state index is 12.6. The fraction of sp³-hybridized carbons (Fsp3) is 0.333. The van der Waals surface area contributed by atoms with Gasteiger partial charge in [0.15, 0.2) is 11.4 Å². The molecule has 0 aliphatic carbocycles. The first kappa shape index (κ1) is 14.1. The van der Waals surface area contributed by atoms with Crippen LogP contribution in [0.4, 0.5) is 0 Å². The summed E-state index contributed by atoms with van der Waals surface area (Å²) in [6.45, 7) is 3.94. The van der Waals surface area contributed by atoms with Crippen molar-refractivity contribution in [2.45, 2.75) is 19.9 Å². The molecule has 0 fully saturated rings. The zero-order valence-corrected chi connectivity index (χ0v) is 12.1. The molecule has 1 aromatic carbocycles. The van der Waals surface area contributed by atoms with Gasteiger partial charge in [0.1, 0.15) is 5.75 Å². The van der Waals surface area contributed by atoms with Crippen LogP contribution in [0.2, 0.25) is 0 Å². The summed E-state index contributed by atoms with van der Waals surface area (Å²) in [5, 5.41) is 4.21. The number of nitrogens with zero attached hydrogens (tertiary/aromatic N) is 2. The van der Waals surface area contributed by atoms with Crippen LogP contribution < -0.4 is 9.47 Å². The molecule has 1 heterocycles. The van der Waals surface area contributed by atoms with Gasteiger partial charge >= 0.3 is 0 Å². The summed E-state index contributed by atoms with van der Waals surface area (Å²) in [6, 6.07) is 7.07. The predicted octanol–water partition coefficient (Wildman–Crippen LogP) is 2.71. The molecule has 0 amide bonds. The van der Waals surface area contributed by atoms with Gasteiger partial charge in [0.05, 0.1) is 20.4 Å². The Morgan fingerprint density at radius 2 is 1.80 bits per heavy atom. The van der Waals surface area contributed by atoms with Gasteiger partial charge in [-0.15, -0.1) is 0 Å². The first-order chi connectivity index (χ1) is 9.58. The predicted molar refractivity (Wildman–Crippen MR) is 75.6 cm³/mol. The summed E-state index contributed by atoms with van der Waals surface area (Å²) >= 11 is 0. The Balaban J connectivity index is 2.43. The Morgan fingerprint density at radius 3 is 2.30 bits per heavy atom. The first-order valence-corrected chi connectivity index (χ1v) is 6.38. The Labute approximate surface area is 118 Å². The van der Waals surface area contributed by atoms with E-state index in [1.807, 2.05) is 13.8 Å². The number of ether oxygens (including phenoxy) is 2. The lowest BCUT2D eigenvalue weighted by atomic mass is 10.1. The molecule has 0 N–H and O–H groups in total. The molecular formula is C15H18N2O3. The summed E-state index contributed by atoms with van der Waals surface area (Å²) in [6.07, 6.45) is 1.57. The van der Waals surface area contributed by atoms with Crippen molar-refractivity contribution in [2.24, 2.45) is 0 Å². The molecule has 20 heavy (non-hydrogen) atoms. The van der Waals surface area contributed by atoms with Gasteiger partial charge in [0, 0.05) is 11.6 Å². The minimum absolute atomic E-state index is 0.0797. The average molecular weight is 274 g/mol. The number of aromatic nitrogens is 2. The molecule has 5 heteroatoms. The summed E-state index contributed by atoms with van der Waals surface area (Å²) < 4.78 is 12.0. The van der Waals surface area contributed by atoms with Gasteiger partial charge in [-0.05, 0) is 38.1 Å². The molecule has 1 aromatic heterocycles. The summed E-state index contributed by atoms with van der Waals surface area (Å²) in [7, 11) is 3.13. The van der Waals surface area contributed by atoms with Crippen molar-refractivity contribution < 1.29 is 14.3 Å². The van der Waals surface area contributed by atoms with Gasteiger partial charge in [-0.25, -0.2) is 0 Å². The first-order valence-electron chi connectivity index (χ1n) is 6.38. The average Bonchev–Trinajstić information content (AvgIpc) is 2.90. The van der Waals surface area contributed by atoms with E-state index in [1.165, 1.54) is 7.11 Å². The lowest BCUT2D eigenvalue weighted by molar-refractivity contribution is 0.102. The fourth-order valence-electron chi connectivity index (χ4n) is 1.98. The van der Waals surface area contributed by atoms with E-state index in [9.17, 15) is 4.79 Å². The van der Waals surface area contributed by atoms with Crippen LogP contribution in [0.25, 0.3) is 0 Å². The number of carbonyl (C=O) groups is 1. The molecule has 0 spiro atoms. The molecule has 2 rings (SSSR count). The van der Waals surface area contributed by atoms with Crippen LogP contribution in [0.3, 0.4) is 0 Å². The van der Waals surface area contributed by atoms with Gasteiger partial charge in [-0.1, -0.05) is 0 Å². The maximum atomic E-state index is 12.6. The Kier molecular flexibility index (Phi) is 4.08. The van der Waals surface area contributed by atoms with Gasteiger partial charge < -0.3 is 9.47 Å². The molecular weight excluding hydrogens is 256 g/mol. The van der Waals surface area contributed by atoms with Gasteiger partial charge in [-0.3, -0.25) is 9.48 Å². The molecule has 106 valence electrons. The fourth-order valence-corrected chi connectivity index (χ4v) is 1.98. The Bertz CT molecular complexity index is 600. The molecule has 0 bridgehead atoms. The molecule has 2 aromatic rings. The van der Waals surface area contributed by atoms with E-state index in [0.29, 0.717) is 22.8 Å². The van der Waals surface area contributed by atoms with E-state index in [-0.39, 0.29) is 11.8 Å². The van der Waals surface area contributed by atoms with Crippen LogP contribution >= 0.6 is 0 Å². The van der Waals surface area contributed by atoms with Crippen molar-refractivity contribution in [1.29, 1.82) is 0 Å². The number of methoxy groups -OCH3 is 2. The van der Waals surface area contributed by atoms with Crippen molar-refractivity contribution in [3.05, 3.63) is 41.7 Å². The van der Waals surface area contributed by atoms with E-state index in [0.717, 1.165) is 0 Å². The highest BCUT2D eigenvalue weighted by atomic mass is 16.5. The normalized spacial score (nSPS) is 10.7. The second-order valence-corrected chi connectivity index (χ2v) is 4.66. The Morgan fingerprint density at radius 1 is 1.15 bits per heavy atom. The molecule has 0 aliphatic rings. The third kappa shape index (κ3) is 2.52. The van der Waals surface area contributed by atoms with Crippen molar-refractivity contribution in [1.82, 2.24) is 9.78 Å². The van der Waals surface area contributed by atoms with Crippen molar-refractivity contribution in [3.63, 3.8) is 0 Å². The third-order valence-corrected chi connectivity index (χ3v) is 3.04. The second kappa shape index (κ2) is 5.77. The van der Waals surface area contributed by atoms with Crippen molar-refractivity contribution in [3.8, 4) is 11.5 Å². The third-order valence-electron chi connectivity index (χ3n) is 3.04. The van der Waals surface area contributed by atoms with E-state index in [4.69, 9.17) is 9.47 Å². The minimum atomic E-state index is -0.115. The highest BCUT2D eigenvalue weighted by molar-refractivity contribution is 6.09. The largest absolute Gasteiger partial charge is 0.497 e. The highest BCUT2D eigenvalue weighted by Gasteiger charge is 2.22. The molecule has 5 nitrogen and oxygen atoms in total. The maximum Gasteiger partial charge on any atom is 0.214 e. The summed E-state index contributed by atoms with van der Waals surface area (Å²) in [5.41, 5.74) is 1.04. The second-order valence-electron chi connectivity index (χ2n) is 4.66. The van der Waals surface area contributed by atoms with Crippen molar-refractivity contribution in [2.75, 3.05) is 14.2 Å². The van der Waals surface area contributed by atoms with Gasteiger partial charge in [-0.2, -0.15) is 5.10 Å². The van der Waals surface area contributed by atoms with Crippen LogP contribution in [0.15, 0.2) is 30.5 Å². The summed E-state index contributed by atoms with van der Waals surface area (Å²) in [4.78, 5) is 12.6. The van der Waals surface area contributed by atoms with Crippen LogP contribution in [-0.2, 0) is 0 Å². The molecule has 0 atom stereocenters. The molecule has 0 aliphatic heterocycles. The van der Waals surface area contributed by atoms with Crippen LogP contribution in [0, 0.1) is 0 Å². The quantitative estimate of drug-likeness (QED) is 0.787. The van der Waals surface area contributed by atoms with Crippen molar-refractivity contribution >= 4 is 5.78 Å². The number of carbonyl (C=O) groups excluding carboxylic acids is 1. The monoisotopic (exact) mass is 274 g/mol. The molecule has 0 saturated carbocycles. The van der Waals surface area contributed by atoms with Crippen LogP contribution in [0.1, 0.15) is 35.9 Å². The zero-order valence-electron chi connectivity index (χ0n) is 12.1. The SMILES string of the molecule is COc1ccc(C(=O)c2c(OC)cnn2C(C)C)cc1. The highest BCUT2D eigenvalue weighted by Crippen LogP contribution is 2.24. The van der Waals surface area contributed by atoms with Crippen LogP contribution in [-0.4, -0.2) is 29.8 Å². The molecule has 0 unspecified atom stereocenters. The number of rotatable bonds is 5. The molecule has 0 saturated heterocycles. The van der Waals surface area contributed by atoms with E-state index in [1.54, 1.807) is 42.3 Å². The number of hydrogen-bond acceptors (Lipinski definition) is 4. The smallest absolute Gasteiger partial charge is 0.214 e. The van der Waals surface area contributed by atoms with Crippen LogP contribution in [0.5, 0.6) is 11.5 Å². The Hall–Kier alpha value is -2.30. The van der Waals surface area contributed by atoms with E-state index in [2.05, 4.69) is 5.10 Å². The minimum Gasteiger partial charge on any atom is -0.497 e. The zero-order chi connectivity index (χ0) is 14.7. The van der Waals surface area contributed by atoms with E-state index >= 15 is 0 Å². The van der Waals surface area contributed by atoms with Gasteiger partial charge in [0.25, 0.3) is 0 Å². The van der Waals surface area contributed by atoms with E-state index < -0.39 is 0 Å². The summed E-state index contributed by atoms with van der Waals surface area (Å²) in [5.74, 6) is 1.08. The van der Waals surface area contributed by atoms with Gasteiger partial charge in [0.2, 0.25) is 5.78 Å². The lowest BCUT2D eigenvalue weighted by Crippen LogP contribution is -2.14. The lowest BCUT2D eigenvalue weighted by Gasteiger charge is -2.11. The molecule has 0 radical (unpaired) electrons. The standard InChI is InChI=1S/C15H18N2O3/c1-10(2)17-14(13(20-4)9-16-17)15(18)11-5-7-12(19-3)8-6-11/h5-10H,1-4H3. The number of ketones is 1. The number of benzene rings is 1. The topological polar surface area (TPSA) is 53.4 Å². The number of hydrogen-bond donors (Lipinski definition) is 0.